The van der Waals surface area contributed by atoms with Gasteiger partial charge in [0.1, 0.15) is 6.10 Å². The lowest BCUT2D eigenvalue weighted by Crippen LogP contribution is -2.34. The molecule has 3 unspecified atom stereocenters. The lowest BCUT2D eigenvalue weighted by molar-refractivity contribution is -0.150. The first-order valence-corrected chi connectivity index (χ1v) is 11.9. The number of aliphatic hydroxyl groups excluding tert-OH is 6. The topological polar surface area (TPSA) is 227 Å². The second-order valence-electron chi connectivity index (χ2n) is 7.69. The van der Waals surface area contributed by atoms with Crippen LogP contribution in [0.25, 0.3) is 0 Å². The summed E-state index contributed by atoms with van der Waals surface area (Å²) in [7, 11) is 0. The van der Waals surface area contributed by atoms with E-state index in [1.165, 1.54) is 6.92 Å². The van der Waals surface area contributed by atoms with Crippen molar-refractivity contribution < 1.29 is 68.8 Å². The van der Waals surface area contributed by atoms with E-state index in [1.54, 1.807) is 24.3 Å². The lowest BCUT2D eigenvalue weighted by Gasteiger charge is -2.20. The minimum absolute atomic E-state index is 0.0848. The van der Waals surface area contributed by atoms with Crippen LogP contribution in [0, 0.1) is 0 Å². The molecule has 0 bridgehead atoms. The van der Waals surface area contributed by atoms with E-state index in [-0.39, 0.29) is 33.0 Å². The average Bonchev–Trinajstić information content (AvgIpc) is 3.45. The summed E-state index contributed by atoms with van der Waals surface area (Å²) in [6, 6.07) is 6.53. The molecule has 0 aromatic heterocycles. The van der Waals surface area contributed by atoms with Crippen LogP contribution in [-0.2, 0) is 28.5 Å². The van der Waals surface area contributed by atoms with Gasteiger partial charge in [0.15, 0.2) is 0 Å². The van der Waals surface area contributed by atoms with Crippen molar-refractivity contribution in [3.63, 3.8) is 0 Å². The van der Waals surface area contributed by atoms with Crippen molar-refractivity contribution in [2.24, 2.45) is 0 Å². The number of fused-ring (bicyclic) bond motifs is 1. The summed E-state index contributed by atoms with van der Waals surface area (Å²) in [5.74, 6) is -2.26. The maximum Gasteiger partial charge on any atom is 0.346 e. The number of cyclic esters (lactones) is 4. The highest BCUT2D eigenvalue weighted by Gasteiger charge is 2.28. The van der Waals surface area contributed by atoms with Gasteiger partial charge in [-0.2, -0.15) is 0 Å². The number of hydrogen-bond donors (Lipinski definition) is 6. The van der Waals surface area contributed by atoms with Gasteiger partial charge >= 0.3 is 23.9 Å². The van der Waals surface area contributed by atoms with Crippen molar-refractivity contribution >= 4 is 23.9 Å². The van der Waals surface area contributed by atoms with E-state index in [4.69, 9.17) is 35.0 Å². The summed E-state index contributed by atoms with van der Waals surface area (Å²) in [6.45, 7) is 1.92. The van der Waals surface area contributed by atoms with Crippen LogP contribution in [0.15, 0.2) is 36.4 Å². The highest BCUT2D eigenvalue weighted by molar-refractivity contribution is 6.14. The molecule has 14 heteroatoms. The average molecular weight is 561 g/mol. The molecule has 6 N–H and O–H groups in total. The number of esters is 4. The fraction of sp³-hybridized carbons (Fsp3) is 0.520. The number of aliphatic hydroxyl groups is 6. The molecule has 0 spiro atoms. The van der Waals surface area contributed by atoms with Gasteiger partial charge in [-0.3, -0.25) is 0 Å². The number of carbonyl (C=O) groups is 4. The standard InChI is InChI=1S/C10H22O6.C8H4O3.C4H2O3.C3H8O2/c11-3-1-5-15-6-2-9(14)10(8-13)16-7-4-12;9-7-5-3-1-2-4-6(5)8(10)11-7;5-3-1-2-4(6)7-3;1-3(5)2-4/h9-14H,1-8H2;1-4H;1-2H;3-5H,2H2,1H3. The molecule has 0 saturated carbocycles. The zero-order valence-corrected chi connectivity index (χ0v) is 21.5. The molecule has 3 atom stereocenters. The van der Waals surface area contributed by atoms with Crippen molar-refractivity contribution in [1.29, 1.82) is 0 Å². The van der Waals surface area contributed by atoms with Crippen molar-refractivity contribution in [3.05, 3.63) is 47.5 Å². The molecule has 2 aliphatic heterocycles. The van der Waals surface area contributed by atoms with E-state index in [1.807, 2.05) is 0 Å². The Labute approximate surface area is 225 Å². The Bertz CT molecular complexity index is 850. The fourth-order valence-corrected chi connectivity index (χ4v) is 2.48. The molecule has 0 saturated heterocycles. The molecule has 0 radical (unpaired) electrons. The van der Waals surface area contributed by atoms with Gasteiger partial charge < -0.3 is 49.6 Å². The molecular formula is C25H36O14. The first kappa shape index (κ1) is 35.9. The molecule has 220 valence electrons. The Morgan fingerprint density at radius 1 is 0.769 bits per heavy atom. The largest absolute Gasteiger partial charge is 0.396 e. The molecule has 0 fully saturated rings. The molecule has 1 aromatic carbocycles. The molecule has 1 aromatic rings. The van der Waals surface area contributed by atoms with Gasteiger partial charge in [-0.05, 0) is 31.9 Å². The highest BCUT2D eigenvalue weighted by Crippen LogP contribution is 2.18. The molecular weight excluding hydrogens is 524 g/mol. The van der Waals surface area contributed by atoms with Gasteiger partial charge in [-0.1, -0.05) is 12.1 Å². The third-order valence-electron chi connectivity index (χ3n) is 4.41. The fourth-order valence-electron chi connectivity index (χ4n) is 2.48. The van der Waals surface area contributed by atoms with Crippen LogP contribution >= 0.6 is 0 Å². The first-order chi connectivity index (χ1) is 18.6. The second kappa shape index (κ2) is 21.8. The third-order valence-corrected chi connectivity index (χ3v) is 4.41. The molecule has 3 rings (SSSR count). The van der Waals surface area contributed by atoms with Gasteiger partial charge in [0.05, 0.1) is 49.8 Å². The summed E-state index contributed by atoms with van der Waals surface area (Å²) < 4.78 is 18.5. The van der Waals surface area contributed by atoms with Crippen LogP contribution in [0.5, 0.6) is 0 Å². The maximum absolute atomic E-state index is 10.8. The summed E-state index contributed by atoms with van der Waals surface area (Å²) >= 11 is 0. The molecule has 0 amide bonds. The van der Waals surface area contributed by atoms with E-state index in [0.29, 0.717) is 37.2 Å². The van der Waals surface area contributed by atoms with Crippen LogP contribution in [0.1, 0.15) is 40.5 Å². The molecule has 2 aliphatic rings. The van der Waals surface area contributed by atoms with Gasteiger partial charge in [0.25, 0.3) is 0 Å². The van der Waals surface area contributed by atoms with Crippen LogP contribution in [0.4, 0.5) is 0 Å². The van der Waals surface area contributed by atoms with Gasteiger partial charge in [-0.15, -0.1) is 0 Å². The Kier molecular flexibility index (Phi) is 20.1. The number of carbonyl (C=O) groups excluding carboxylic acids is 4. The SMILES string of the molecule is CC(O)CO.O=C1C=CC(=O)O1.O=C1OC(=O)c2ccccc21.OCCCOCCC(O)C(CO)OCCO. The summed E-state index contributed by atoms with van der Waals surface area (Å²) in [5.41, 5.74) is 0.718. The zero-order chi connectivity index (χ0) is 29.6. The van der Waals surface area contributed by atoms with Crippen molar-refractivity contribution in [2.75, 3.05) is 46.2 Å². The predicted molar refractivity (Wildman–Crippen MR) is 132 cm³/mol. The van der Waals surface area contributed by atoms with Crippen LogP contribution in [0.3, 0.4) is 0 Å². The smallest absolute Gasteiger partial charge is 0.346 e. The van der Waals surface area contributed by atoms with Crippen LogP contribution in [-0.4, -0.2) is 119 Å². The number of rotatable bonds is 12. The minimum atomic E-state index is -0.814. The monoisotopic (exact) mass is 560 g/mol. The number of hydrogen-bond acceptors (Lipinski definition) is 14. The van der Waals surface area contributed by atoms with Gasteiger partial charge in [0.2, 0.25) is 0 Å². The summed E-state index contributed by atoms with van der Waals surface area (Å²) in [6.07, 6.45) is 1.03. The van der Waals surface area contributed by atoms with Crippen molar-refractivity contribution in [1.82, 2.24) is 0 Å². The highest BCUT2D eigenvalue weighted by atomic mass is 16.6. The quantitative estimate of drug-likeness (QED) is 0.0971. The number of ether oxygens (including phenoxy) is 4. The minimum Gasteiger partial charge on any atom is -0.396 e. The van der Waals surface area contributed by atoms with E-state index < -0.39 is 42.2 Å². The van der Waals surface area contributed by atoms with E-state index in [2.05, 4.69) is 9.47 Å². The van der Waals surface area contributed by atoms with Crippen LogP contribution in [0.2, 0.25) is 0 Å². The molecule has 0 aliphatic carbocycles. The molecule has 14 nitrogen and oxygen atoms in total. The van der Waals surface area contributed by atoms with Gasteiger partial charge in [0, 0.05) is 32.0 Å². The Hall–Kier alpha value is -3.08. The van der Waals surface area contributed by atoms with Crippen LogP contribution < -0.4 is 0 Å². The van der Waals surface area contributed by atoms with Crippen molar-refractivity contribution in [2.45, 2.75) is 38.1 Å². The molecule has 2 heterocycles. The molecule has 39 heavy (non-hydrogen) atoms. The normalized spacial score (nSPS) is 15.4. The Morgan fingerprint density at radius 2 is 1.31 bits per heavy atom. The maximum atomic E-state index is 10.8. The van der Waals surface area contributed by atoms with E-state index in [9.17, 15) is 24.3 Å². The number of benzene rings is 1. The Balaban J connectivity index is 0.000000539. The summed E-state index contributed by atoms with van der Waals surface area (Å²) in [4.78, 5) is 41.5. The van der Waals surface area contributed by atoms with E-state index >= 15 is 0 Å². The van der Waals surface area contributed by atoms with Gasteiger partial charge in [-0.25, -0.2) is 19.2 Å². The summed E-state index contributed by atoms with van der Waals surface area (Å²) in [5, 5.41) is 51.5. The zero-order valence-electron chi connectivity index (χ0n) is 21.5. The first-order valence-electron chi connectivity index (χ1n) is 11.9. The second-order valence-corrected chi connectivity index (χ2v) is 7.69. The lowest BCUT2D eigenvalue weighted by atomic mass is 10.1. The third kappa shape index (κ3) is 16.5. The van der Waals surface area contributed by atoms with Crippen molar-refractivity contribution in [3.8, 4) is 0 Å². The predicted octanol–water partition coefficient (Wildman–Crippen LogP) is -1.51. The Morgan fingerprint density at radius 3 is 1.69 bits per heavy atom. The van der Waals surface area contributed by atoms with E-state index in [0.717, 1.165) is 12.2 Å².